The Bertz CT molecular complexity index is 389. The van der Waals surface area contributed by atoms with Crippen LogP contribution in [0.2, 0.25) is 0 Å². The van der Waals surface area contributed by atoms with E-state index in [1.54, 1.807) is 12.4 Å². The number of nitrogen functional groups attached to an aromatic ring is 1. The maximum absolute atomic E-state index is 5.97. The molecule has 2 N–H and O–H groups in total. The van der Waals surface area contributed by atoms with Gasteiger partial charge in [0.1, 0.15) is 5.82 Å². The van der Waals surface area contributed by atoms with E-state index in [4.69, 9.17) is 10.5 Å². The lowest BCUT2D eigenvalue weighted by Gasteiger charge is -2.38. The van der Waals surface area contributed by atoms with Gasteiger partial charge in [0, 0.05) is 0 Å². The van der Waals surface area contributed by atoms with E-state index >= 15 is 0 Å². The SMILES string of the molecule is CC1CC(OCc2cnc(N)cn2)CC(C)(C)C1. The van der Waals surface area contributed by atoms with Crippen LogP contribution in [0.3, 0.4) is 0 Å². The maximum atomic E-state index is 5.97. The number of hydrogen-bond acceptors (Lipinski definition) is 4. The van der Waals surface area contributed by atoms with Crippen molar-refractivity contribution in [2.45, 2.75) is 52.7 Å². The summed E-state index contributed by atoms with van der Waals surface area (Å²) in [7, 11) is 0. The predicted molar refractivity (Wildman–Crippen MR) is 71.8 cm³/mol. The highest BCUT2D eigenvalue weighted by Crippen LogP contribution is 2.39. The Morgan fingerprint density at radius 2 is 2.11 bits per heavy atom. The molecule has 0 aliphatic heterocycles. The molecule has 0 spiro atoms. The highest BCUT2D eigenvalue weighted by Gasteiger charge is 2.32. The zero-order chi connectivity index (χ0) is 13.2. The molecule has 100 valence electrons. The molecule has 0 amide bonds. The molecular weight excluding hydrogens is 226 g/mol. The molecule has 4 heteroatoms. The fourth-order valence-electron chi connectivity index (χ4n) is 3.03. The van der Waals surface area contributed by atoms with Crippen LogP contribution in [-0.4, -0.2) is 16.1 Å². The van der Waals surface area contributed by atoms with Crippen molar-refractivity contribution in [2.24, 2.45) is 11.3 Å². The summed E-state index contributed by atoms with van der Waals surface area (Å²) < 4.78 is 5.97. The van der Waals surface area contributed by atoms with E-state index < -0.39 is 0 Å². The molecule has 4 nitrogen and oxygen atoms in total. The number of anilines is 1. The highest BCUT2D eigenvalue weighted by molar-refractivity contribution is 5.22. The van der Waals surface area contributed by atoms with Gasteiger partial charge in [-0.25, -0.2) is 4.98 Å². The largest absolute Gasteiger partial charge is 0.382 e. The Labute approximate surface area is 109 Å². The first-order chi connectivity index (χ1) is 8.44. The quantitative estimate of drug-likeness (QED) is 0.894. The zero-order valence-electron chi connectivity index (χ0n) is 11.5. The van der Waals surface area contributed by atoms with Crippen LogP contribution in [0.4, 0.5) is 5.82 Å². The second kappa shape index (κ2) is 5.22. The van der Waals surface area contributed by atoms with Crippen LogP contribution in [0.5, 0.6) is 0 Å². The number of nitrogens with two attached hydrogens (primary N) is 1. The minimum atomic E-state index is 0.336. The molecule has 1 aliphatic rings. The van der Waals surface area contributed by atoms with E-state index in [1.165, 1.54) is 6.42 Å². The molecule has 1 aromatic rings. The lowest BCUT2D eigenvalue weighted by Crippen LogP contribution is -2.32. The summed E-state index contributed by atoms with van der Waals surface area (Å²) in [5, 5.41) is 0. The Morgan fingerprint density at radius 3 is 2.72 bits per heavy atom. The maximum Gasteiger partial charge on any atom is 0.141 e. The Hall–Kier alpha value is -1.16. The summed E-state index contributed by atoms with van der Waals surface area (Å²) in [5.41, 5.74) is 6.74. The zero-order valence-corrected chi connectivity index (χ0v) is 11.5. The Balaban J connectivity index is 1.88. The van der Waals surface area contributed by atoms with Gasteiger partial charge in [0.05, 0.1) is 30.8 Å². The van der Waals surface area contributed by atoms with E-state index in [0.29, 0.717) is 23.9 Å². The second-order valence-corrected chi connectivity index (χ2v) is 6.28. The van der Waals surface area contributed by atoms with Gasteiger partial charge in [-0.15, -0.1) is 0 Å². The molecule has 0 saturated heterocycles. The van der Waals surface area contributed by atoms with Crippen LogP contribution in [0.1, 0.15) is 45.7 Å². The van der Waals surface area contributed by atoms with Crippen LogP contribution in [0.15, 0.2) is 12.4 Å². The van der Waals surface area contributed by atoms with E-state index in [2.05, 4.69) is 30.7 Å². The number of hydrogen-bond donors (Lipinski definition) is 1. The van der Waals surface area contributed by atoms with E-state index in [0.717, 1.165) is 24.5 Å². The van der Waals surface area contributed by atoms with Crippen LogP contribution in [0.25, 0.3) is 0 Å². The summed E-state index contributed by atoms with van der Waals surface area (Å²) in [6.07, 6.45) is 7.15. The van der Waals surface area contributed by atoms with Crippen molar-refractivity contribution in [1.82, 2.24) is 9.97 Å². The van der Waals surface area contributed by atoms with Crippen molar-refractivity contribution in [2.75, 3.05) is 5.73 Å². The lowest BCUT2D eigenvalue weighted by molar-refractivity contribution is -0.0327. The summed E-state index contributed by atoms with van der Waals surface area (Å²) in [6, 6.07) is 0. The van der Waals surface area contributed by atoms with Gasteiger partial charge in [-0.05, 0) is 30.6 Å². The first-order valence-corrected chi connectivity index (χ1v) is 6.63. The first kappa shape index (κ1) is 13.3. The van der Waals surface area contributed by atoms with Crippen molar-refractivity contribution in [3.8, 4) is 0 Å². The number of ether oxygens (including phenoxy) is 1. The molecule has 0 aromatic carbocycles. The number of rotatable bonds is 3. The summed E-state index contributed by atoms with van der Waals surface area (Å²) in [5.74, 6) is 1.18. The molecule has 0 bridgehead atoms. The summed E-state index contributed by atoms with van der Waals surface area (Å²) >= 11 is 0. The Kier molecular flexibility index (Phi) is 3.85. The van der Waals surface area contributed by atoms with Gasteiger partial charge in [0.25, 0.3) is 0 Å². The molecule has 0 radical (unpaired) electrons. The van der Waals surface area contributed by atoms with E-state index in [1.807, 2.05) is 0 Å². The van der Waals surface area contributed by atoms with Gasteiger partial charge in [0.15, 0.2) is 0 Å². The van der Waals surface area contributed by atoms with Gasteiger partial charge in [0.2, 0.25) is 0 Å². The third-order valence-corrected chi connectivity index (χ3v) is 3.54. The van der Waals surface area contributed by atoms with Gasteiger partial charge >= 0.3 is 0 Å². The highest BCUT2D eigenvalue weighted by atomic mass is 16.5. The smallest absolute Gasteiger partial charge is 0.141 e. The monoisotopic (exact) mass is 249 g/mol. The van der Waals surface area contributed by atoms with E-state index in [9.17, 15) is 0 Å². The summed E-state index contributed by atoms with van der Waals surface area (Å²) in [4.78, 5) is 8.23. The van der Waals surface area contributed by atoms with Crippen LogP contribution < -0.4 is 5.73 Å². The fourth-order valence-corrected chi connectivity index (χ4v) is 3.03. The second-order valence-electron chi connectivity index (χ2n) is 6.28. The number of aromatic nitrogens is 2. The topological polar surface area (TPSA) is 61.0 Å². The third kappa shape index (κ3) is 3.67. The molecule has 1 aromatic heterocycles. The van der Waals surface area contributed by atoms with Crippen molar-refractivity contribution < 1.29 is 4.74 Å². The van der Waals surface area contributed by atoms with Gasteiger partial charge in [-0.3, -0.25) is 4.98 Å². The normalized spacial score (nSPS) is 27.1. The van der Waals surface area contributed by atoms with Crippen LogP contribution in [-0.2, 0) is 11.3 Å². The molecule has 1 heterocycles. The van der Waals surface area contributed by atoms with Crippen molar-refractivity contribution >= 4 is 5.82 Å². The van der Waals surface area contributed by atoms with Gasteiger partial charge in [-0.2, -0.15) is 0 Å². The van der Waals surface area contributed by atoms with Gasteiger partial charge < -0.3 is 10.5 Å². The van der Waals surface area contributed by atoms with Gasteiger partial charge in [-0.1, -0.05) is 20.8 Å². The van der Waals surface area contributed by atoms with Crippen molar-refractivity contribution in [3.63, 3.8) is 0 Å². The molecule has 1 saturated carbocycles. The molecular formula is C14H23N3O. The van der Waals surface area contributed by atoms with Crippen molar-refractivity contribution in [3.05, 3.63) is 18.1 Å². The number of nitrogens with zero attached hydrogens (tertiary/aromatic N) is 2. The third-order valence-electron chi connectivity index (χ3n) is 3.54. The standard InChI is InChI=1S/C14H23N3O/c1-10-4-12(6-14(2,3)5-10)18-9-11-7-17-13(15)8-16-11/h7-8,10,12H,4-6,9H2,1-3H3,(H2,15,17). The molecule has 2 atom stereocenters. The molecule has 18 heavy (non-hydrogen) atoms. The van der Waals surface area contributed by atoms with E-state index in [-0.39, 0.29) is 0 Å². The van der Waals surface area contributed by atoms with Crippen LogP contribution in [0, 0.1) is 11.3 Å². The lowest BCUT2D eigenvalue weighted by atomic mass is 9.71. The summed E-state index contributed by atoms with van der Waals surface area (Å²) in [6.45, 7) is 7.48. The van der Waals surface area contributed by atoms with Crippen molar-refractivity contribution in [1.29, 1.82) is 0 Å². The molecule has 2 unspecified atom stereocenters. The minimum Gasteiger partial charge on any atom is -0.382 e. The molecule has 1 aliphatic carbocycles. The average Bonchev–Trinajstić information content (AvgIpc) is 2.25. The predicted octanol–water partition coefficient (Wildman–Crippen LogP) is 2.79. The van der Waals surface area contributed by atoms with Crippen LogP contribution >= 0.6 is 0 Å². The fraction of sp³-hybridized carbons (Fsp3) is 0.714. The molecule has 1 fully saturated rings. The Morgan fingerprint density at radius 1 is 1.33 bits per heavy atom. The molecule has 2 rings (SSSR count). The average molecular weight is 249 g/mol. The minimum absolute atomic E-state index is 0.336. The first-order valence-electron chi connectivity index (χ1n) is 6.63.